The van der Waals surface area contributed by atoms with Gasteiger partial charge in [-0.2, -0.15) is 5.10 Å². The second kappa shape index (κ2) is 5.68. The summed E-state index contributed by atoms with van der Waals surface area (Å²) >= 11 is 5.95. The molecule has 2 aromatic carbocycles. The van der Waals surface area contributed by atoms with E-state index in [-0.39, 0.29) is 11.5 Å². The molecule has 0 unspecified atom stereocenters. The number of aromatic nitrogens is 6. The van der Waals surface area contributed by atoms with Crippen LogP contribution in [0, 0.1) is 0 Å². The summed E-state index contributed by atoms with van der Waals surface area (Å²) in [5, 5.41) is 33.7. The lowest BCUT2D eigenvalue weighted by Crippen LogP contribution is -1.98. The number of hydrogen-bond donors (Lipinski definition) is 2. The van der Waals surface area contributed by atoms with Gasteiger partial charge in [0, 0.05) is 16.7 Å². The van der Waals surface area contributed by atoms with Crippen LogP contribution >= 0.6 is 11.6 Å². The van der Waals surface area contributed by atoms with Crippen LogP contribution in [0.25, 0.3) is 33.8 Å². The molecule has 3 heterocycles. The molecule has 0 saturated carbocycles. The fourth-order valence-corrected chi connectivity index (χ4v) is 3.14. The summed E-state index contributed by atoms with van der Waals surface area (Å²) in [6.45, 7) is 0. The Labute approximate surface area is 156 Å². The minimum absolute atomic E-state index is 0.0636. The third-order valence-corrected chi connectivity index (χ3v) is 4.46. The fourth-order valence-electron chi connectivity index (χ4n) is 3.01. The molecule has 9 heteroatoms. The molecule has 8 nitrogen and oxygen atoms in total. The number of hydrogen-bond acceptors (Lipinski definition) is 6. The summed E-state index contributed by atoms with van der Waals surface area (Å²) < 4.78 is 3.38. The molecular formula is C18H11ClN6O2. The molecule has 0 bridgehead atoms. The molecule has 132 valence electrons. The smallest absolute Gasteiger partial charge is 0.175 e. The van der Waals surface area contributed by atoms with Crippen LogP contribution in [0.2, 0.25) is 5.02 Å². The number of aromatic hydroxyl groups is 2. The fraction of sp³-hybridized carbons (Fsp3) is 0. The van der Waals surface area contributed by atoms with Crippen molar-refractivity contribution >= 4 is 28.3 Å². The van der Waals surface area contributed by atoms with Gasteiger partial charge >= 0.3 is 0 Å². The Kier molecular flexibility index (Phi) is 3.28. The van der Waals surface area contributed by atoms with Crippen molar-refractivity contribution in [2.75, 3.05) is 0 Å². The number of nitrogens with zero attached hydrogens (tertiary/aromatic N) is 6. The zero-order valence-corrected chi connectivity index (χ0v) is 14.4. The van der Waals surface area contributed by atoms with Crippen LogP contribution < -0.4 is 0 Å². The second-order valence-electron chi connectivity index (χ2n) is 5.97. The van der Waals surface area contributed by atoms with Crippen LogP contribution in [0.4, 0.5) is 0 Å². The summed E-state index contributed by atoms with van der Waals surface area (Å²) in [6, 6.07) is 11.5. The molecule has 0 radical (unpaired) electrons. The van der Waals surface area contributed by atoms with E-state index < -0.39 is 0 Å². The highest BCUT2D eigenvalue weighted by Crippen LogP contribution is 2.29. The average Bonchev–Trinajstić information content (AvgIpc) is 3.25. The Morgan fingerprint density at radius 3 is 2.37 bits per heavy atom. The quantitative estimate of drug-likeness (QED) is 0.489. The summed E-state index contributed by atoms with van der Waals surface area (Å²) in [5.74, 6) is 0.322. The van der Waals surface area contributed by atoms with Gasteiger partial charge < -0.3 is 10.2 Å². The Balaban J connectivity index is 1.71. The largest absolute Gasteiger partial charge is 0.508 e. The Morgan fingerprint density at radius 1 is 0.889 bits per heavy atom. The number of fused-ring (bicyclic) bond motifs is 3. The van der Waals surface area contributed by atoms with E-state index in [0.717, 1.165) is 11.1 Å². The summed E-state index contributed by atoms with van der Waals surface area (Å²) in [4.78, 5) is 4.50. The van der Waals surface area contributed by atoms with Gasteiger partial charge in [-0.25, -0.2) is 9.67 Å². The normalized spacial score (nSPS) is 11.4. The molecule has 0 spiro atoms. The summed E-state index contributed by atoms with van der Waals surface area (Å²) in [5.41, 5.74) is 2.54. The first-order valence-corrected chi connectivity index (χ1v) is 8.35. The van der Waals surface area contributed by atoms with E-state index >= 15 is 0 Å². The maximum absolute atomic E-state index is 9.73. The van der Waals surface area contributed by atoms with Gasteiger partial charge in [-0.3, -0.25) is 4.40 Å². The predicted octanol–water partition coefficient (Wildman–Crippen LogP) is 3.19. The SMILES string of the molecule is Oc1cc(O)cc(-c2nnc3c4cnn(-c5ccc(Cl)cc5)c4ncn23)c1. The minimum atomic E-state index is -0.0636. The van der Waals surface area contributed by atoms with Crippen molar-refractivity contribution in [3.8, 4) is 28.6 Å². The summed E-state index contributed by atoms with van der Waals surface area (Å²) in [6.07, 6.45) is 3.26. The van der Waals surface area contributed by atoms with Gasteiger partial charge in [0.25, 0.3) is 0 Å². The lowest BCUT2D eigenvalue weighted by molar-refractivity contribution is 0.451. The zero-order valence-electron chi connectivity index (χ0n) is 13.7. The maximum atomic E-state index is 9.73. The molecule has 2 N–H and O–H groups in total. The van der Waals surface area contributed by atoms with Crippen molar-refractivity contribution in [1.29, 1.82) is 0 Å². The lowest BCUT2D eigenvalue weighted by Gasteiger charge is -2.04. The van der Waals surface area contributed by atoms with Gasteiger partial charge in [0.1, 0.15) is 17.8 Å². The molecular weight excluding hydrogens is 368 g/mol. The van der Waals surface area contributed by atoms with E-state index in [1.54, 1.807) is 33.7 Å². The topological polar surface area (TPSA) is 101 Å². The number of phenolic OH excluding ortho intramolecular Hbond substituents is 2. The standard InChI is InChI=1S/C18H11ClN6O2/c19-11-1-3-12(4-2-11)25-17-15(8-21-25)18-23-22-16(24(18)9-20-17)10-5-13(26)7-14(27)6-10/h1-9,26-27H. The first kappa shape index (κ1) is 15.6. The first-order valence-electron chi connectivity index (χ1n) is 7.97. The van der Waals surface area contributed by atoms with Crippen LogP contribution in [0.3, 0.4) is 0 Å². The van der Waals surface area contributed by atoms with E-state index in [4.69, 9.17) is 11.6 Å². The summed E-state index contributed by atoms with van der Waals surface area (Å²) in [7, 11) is 0. The van der Waals surface area contributed by atoms with E-state index in [1.165, 1.54) is 18.2 Å². The second-order valence-corrected chi connectivity index (χ2v) is 6.41. The average molecular weight is 379 g/mol. The van der Waals surface area contributed by atoms with E-state index in [2.05, 4.69) is 20.3 Å². The van der Waals surface area contributed by atoms with Crippen molar-refractivity contribution in [1.82, 2.24) is 29.4 Å². The molecule has 0 saturated heterocycles. The van der Waals surface area contributed by atoms with Crippen LogP contribution in [-0.2, 0) is 0 Å². The van der Waals surface area contributed by atoms with Crippen molar-refractivity contribution < 1.29 is 10.2 Å². The third-order valence-electron chi connectivity index (χ3n) is 4.21. The molecule has 27 heavy (non-hydrogen) atoms. The zero-order chi connectivity index (χ0) is 18.5. The van der Waals surface area contributed by atoms with Gasteiger partial charge in [0.15, 0.2) is 17.1 Å². The molecule has 0 aliphatic rings. The highest BCUT2D eigenvalue weighted by molar-refractivity contribution is 6.30. The van der Waals surface area contributed by atoms with Gasteiger partial charge in [0.05, 0.1) is 17.3 Å². The van der Waals surface area contributed by atoms with Gasteiger partial charge in [0.2, 0.25) is 0 Å². The highest BCUT2D eigenvalue weighted by Gasteiger charge is 2.16. The molecule has 3 aromatic heterocycles. The number of rotatable bonds is 2. The number of phenols is 2. The number of halogens is 1. The molecule has 0 fully saturated rings. The predicted molar refractivity (Wildman–Crippen MR) is 99.2 cm³/mol. The van der Waals surface area contributed by atoms with Gasteiger partial charge in [-0.1, -0.05) is 11.6 Å². The van der Waals surface area contributed by atoms with Crippen LogP contribution in [0.5, 0.6) is 11.5 Å². The molecule has 5 aromatic rings. The molecule has 0 amide bonds. The highest BCUT2D eigenvalue weighted by atomic mass is 35.5. The lowest BCUT2D eigenvalue weighted by atomic mass is 10.2. The maximum Gasteiger partial charge on any atom is 0.175 e. The van der Waals surface area contributed by atoms with E-state index in [1.807, 2.05) is 12.1 Å². The molecule has 5 rings (SSSR count). The van der Waals surface area contributed by atoms with Crippen LogP contribution in [0.15, 0.2) is 55.0 Å². The molecule has 0 aliphatic heterocycles. The molecule has 0 aliphatic carbocycles. The minimum Gasteiger partial charge on any atom is -0.508 e. The van der Waals surface area contributed by atoms with E-state index in [9.17, 15) is 10.2 Å². The Bertz CT molecular complexity index is 1290. The van der Waals surface area contributed by atoms with Gasteiger partial charge in [-0.05, 0) is 36.4 Å². The first-order chi connectivity index (χ1) is 13.1. The van der Waals surface area contributed by atoms with Crippen molar-refractivity contribution in [2.24, 2.45) is 0 Å². The van der Waals surface area contributed by atoms with Crippen molar-refractivity contribution in [2.45, 2.75) is 0 Å². The van der Waals surface area contributed by atoms with Crippen LogP contribution in [-0.4, -0.2) is 39.6 Å². The number of benzene rings is 2. The van der Waals surface area contributed by atoms with Gasteiger partial charge in [-0.15, -0.1) is 10.2 Å². The van der Waals surface area contributed by atoms with Crippen molar-refractivity contribution in [3.05, 3.63) is 60.0 Å². The molecule has 0 atom stereocenters. The van der Waals surface area contributed by atoms with Crippen molar-refractivity contribution in [3.63, 3.8) is 0 Å². The monoisotopic (exact) mass is 378 g/mol. The van der Waals surface area contributed by atoms with E-state index in [0.29, 0.717) is 27.7 Å². The Morgan fingerprint density at radius 2 is 1.63 bits per heavy atom. The third kappa shape index (κ3) is 2.46. The van der Waals surface area contributed by atoms with Crippen LogP contribution in [0.1, 0.15) is 0 Å². The Hall–Kier alpha value is -3.65.